The van der Waals surface area contributed by atoms with E-state index in [-0.39, 0.29) is 0 Å². The summed E-state index contributed by atoms with van der Waals surface area (Å²) in [5.74, 6) is 1.64. The average Bonchev–Trinajstić information content (AvgIpc) is 2.39. The third-order valence-corrected chi connectivity index (χ3v) is 3.82. The van der Waals surface area contributed by atoms with Crippen LogP contribution in [0.4, 0.5) is 11.5 Å². The summed E-state index contributed by atoms with van der Waals surface area (Å²) in [4.78, 5) is 4.32. The van der Waals surface area contributed by atoms with Gasteiger partial charge < -0.3 is 11.1 Å². The Morgan fingerprint density at radius 1 is 1.41 bits per heavy atom. The maximum Gasteiger partial charge on any atom is 0.149 e. The Kier molecular flexibility index (Phi) is 4.24. The van der Waals surface area contributed by atoms with Gasteiger partial charge in [-0.3, -0.25) is 0 Å². The van der Waals surface area contributed by atoms with E-state index in [1.807, 2.05) is 12.1 Å². The van der Waals surface area contributed by atoms with Crippen LogP contribution in [0, 0.1) is 5.92 Å². The van der Waals surface area contributed by atoms with Gasteiger partial charge >= 0.3 is 0 Å². The van der Waals surface area contributed by atoms with Crippen LogP contribution < -0.4 is 11.1 Å². The number of hydrogen-bond donors (Lipinski definition) is 2. The molecule has 94 valence electrons. The first-order valence-corrected chi connectivity index (χ1v) is 6.78. The van der Waals surface area contributed by atoms with Crippen molar-refractivity contribution in [3.63, 3.8) is 0 Å². The highest BCUT2D eigenvalue weighted by atomic mass is 15.0. The molecule has 1 saturated carbocycles. The molecule has 1 unspecified atom stereocenters. The molecular weight excluding hydrogens is 210 g/mol. The highest BCUT2D eigenvalue weighted by Gasteiger charge is 2.22. The Morgan fingerprint density at radius 3 is 2.82 bits per heavy atom. The fraction of sp³-hybridized carbons (Fsp3) is 0.643. The average molecular weight is 233 g/mol. The Balaban J connectivity index is 2.01. The van der Waals surface area contributed by atoms with Crippen molar-refractivity contribution >= 4 is 11.5 Å². The SMILES string of the molecule is CCC(Nc1ncccc1N)C1CCCCC1. The van der Waals surface area contributed by atoms with E-state index < -0.39 is 0 Å². The van der Waals surface area contributed by atoms with Crippen LogP contribution in [-0.4, -0.2) is 11.0 Å². The summed E-state index contributed by atoms with van der Waals surface area (Å²) in [7, 11) is 0. The Bertz CT molecular complexity index is 345. The molecule has 0 amide bonds. The number of hydrogen-bond acceptors (Lipinski definition) is 3. The van der Waals surface area contributed by atoms with Crippen molar-refractivity contribution in [2.45, 2.75) is 51.5 Å². The molecule has 3 heteroatoms. The Morgan fingerprint density at radius 2 is 2.18 bits per heavy atom. The number of anilines is 2. The van der Waals surface area contributed by atoms with Gasteiger partial charge in [0.25, 0.3) is 0 Å². The summed E-state index contributed by atoms with van der Waals surface area (Å²) in [5.41, 5.74) is 6.68. The second-order valence-corrected chi connectivity index (χ2v) is 5.00. The molecule has 0 bridgehead atoms. The molecule has 0 spiro atoms. The highest BCUT2D eigenvalue weighted by Crippen LogP contribution is 2.30. The number of rotatable bonds is 4. The predicted molar refractivity (Wildman–Crippen MR) is 72.9 cm³/mol. The monoisotopic (exact) mass is 233 g/mol. The van der Waals surface area contributed by atoms with Gasteiger partial charge in [0.2, 0.25) is 0 Å². The van der Waals surface area contributed by atoms with Crippen LogP contribution in [0.2, 0.25) is 0 Å². The molecule has 1 aromatic heterocycles. The standard InChI is InChI=1S/C14H23N3/c1-2-13(11-7-4-3-5-8-11)17-14-12(15)9-6-10-16-14/h6,9-11,13H,2-5,7-8,15H2,1H3,(H,16,17). The first-order chi connectivity index (χ1) is 8.31. The molecule has 17 heavy (non-hydrogen) atoms. The zero-order chi connectivity index (χ0) is 12.1. The smallest absolute Gasteiger partial charge is 0.149 e. The van der Waals surface area contributed by atoms with Gasteiger partial charge in [0.1, 0.15) is 5.82 Å². The summed E-state index contributed by atoms with van der Waals surface area (Å²) < 4.78 is 0. The number of nitrogens with one attached hydrogen (secondary N) is 1. The third-order valence-electron chi connectivity index (χ3n) is 3.82. The lowest BCUT2D eigenvalue weighted by molar-refractivity contribution is 0.312. The molecule has 1 aliphatic carbocycles. The van der Waals surface area contributed by atoms with Gasteiger partial charge in [-0.1, -0.05) is 26.2 Å². The number of nitrogen functional groups attached to an aromatic ring is 1. The minimum absolute atomic E-state index is 0.521. The van der Waals surface area contributed by atoms with Gasteiger partial charge in [0.05, 0.1) is 5.69 Å². The lowest BCUT2D eigenvalue weighted by atomic mass is 9.83. The van der Waals surface area contributed by atoms with Gasteiger partial charge in [0.15, 0.2) is 0 Å². The molecule has 1 heterocycles. The second-order valence-electron chi connectivity index (χ2n) is 5.00. The maximum absolute atomic E-state index is 5.93. The van der Waals surface area contributed by atoms with Crippen LogP contribution in [0.15, 0.2) is 18.3 Å². The van der Waals surface area contributed by atoms with E-state index in [0.717, 1.165) is 23.8 Å². The molecule has 0 aliphatic heterocycles. The van der Waals surface area contributed by atoms with E-state index in [0.29, 0.717) is 6.04 Å². The van der Waals surface area contributed by atoms with E-state index in [9.17, 15) is 0 Å². The van der Waals surface area contributed by atoms with E-state index in [1.165, 1.54) is 32.1 Å². The molecular formula is C14H23N3. The molecule has 0 saturated heterocycles. The molecule has 2 rings (SSSR count). The molecule has 1 fully saturated rings. The number of aromatic nitrogens is 1. The summed E-state index contributed by atoms with van der Waals surface area (Å²) in [5, 5.41) is 3.53. The minimum Gasteiger partial charge on any atom is -0.396 e. The highest BCUT2D eigenvalue weighted by molar-refractivity contribution is 5.60. The van der Waals surface area contributed by atoms with Crippen LogP contribution in [-0.2, 0) is 0 Å². The number of nitrogens with two attached hydrogens (primary N) is 1. The number of pyridine rings is 1. The fourth-order valence-electron chi connectivity index (χ4n) is 2.80. The van der Waals surface area contributed by atoms with E-state index >= 15 is 0 Å². The zero-order valence-corrected chi connectivity index (χ0v) is 10.7. The van der Waals surface area contributed by atoms with Crippen LogP contribution >= 0.6 is 0 Å². The van der Waals surface area contributed by atoms with Gasteiger partial charge in [0, 0.05) is 12.2 Å². The normalized spacial score (nSPS) is 18.9. The third kappa shape index (κ3) is 3.11. The number of nitrogens with zero attached hydrogens (tertiary/aromatic N) is 1. The van der Waals surface area contributed by atoms with Gasteiger partial charge in [-0.05, 0) is 37.3 Å². The summed E-state index contributed by atoms with van der Waals surface area (Å²) in [6.45, 7) is 2.24. The van der Waals surface area contributed by atoms with Crippen LogP contribution in [0.3, 0.4) is 0 Å². The maximum atomic E-state index is 5.93. The van der Waals surface area contributed by atoms with Gasteiger partial charge in [-0.15, -0.1) is 0 Å². The quantitative estimate of drug-likeness (QED) is 0.837. The van der Waals surface area contributed by atoms with E-state index in [4.69, 9.17) is 5.73 Å². The van der Waals surface area contributed by atoms with Crippen molar-refractivity contribution < 1.29 is 0 Å². The lowest BCUT2D eigenvalue weighted by Crippen LogP contribution is -2.30. The molecule has 3 nitrogen and oxygen atoms in total. The Hall–Kier alpha value is -1.25. The molecule has 1 aliphatic rings. The first-order valence-electron chi connectivity index (χ1n) is 6.78. The zero-order valence-electron chi connectivity index (χ0n) is 10.7. The topological polar surface area (TPSA) is 50.9 Å². The van der Waals surface area contributed by atoms with Crippen molar-refractivity contribution in [1.82, 2.24) is 4.98 Å². The summed E-state index contributed by atoms with van der Waals surface area (Å²) >= 11 is 0. The van der Waals surface area contributed by atoms with Crippen molar-refractivity contribution in [2.75, 3.05) is 11.1 Å². The summed E-state index contributed by atoms with van der Waals surface area (Å²) in [6.07, 6.45) is 9.78. The molecule has 1 aromatic rings. The van der Waals surface area contributed by atoms with Gasteiger partial charge in [-0.2, -0.15) is 0 Å². The van der Waals surface area contributed by atoms with E-state index in [1.54, 1.807) is 6.20 Å². The second kappa shape index (κ2) is 5.89. The van der Waals surface area contributed by atoms with Crippen molar-refractivity contribution in [3.8, 4) is 0 Å². The van der Waals surface area contributed by atoms with Crippen LogP contribution in [0.5, 0.6) is 0 Å². The van der Waals surface area contributed by atoms with E-state index in [2.05, 4.69) is 17.2 Å². The van der Waals surface area contributed by atoms with Crippen LogP contribution in [0.25, 0.3) is 0 Å². The molecule has 3 N–H and O–H groups in total. The Labute approximate surface area is 104 Å². The summed E-state index contributed by atoms with van der Waals surface area (Å²) in [6, 6.07) is 4.30. The molecule has 1 atom stereocenters. The van der Waals surface area contributed by atoms with Crippen LogP contribution in [0.1, 0.15) is 45.4 Å². The predicted octanol–water partition coefficient (Wildman–Crippen LogP) is 3.43. The minimum atomic E-state index is 0.521. The van der Waals surface area contributed by atoms with Crippen molar-refractivity contribution in [3.05, 3.63) is 18.3 Å². The van der Waals surface area contributed by atoms with Gasteiger partial charge in [-0.25, -0.2) is 4.98 Å². The lowest BCUT2D eigenvalue weighted by Gasteiger charge is -2.30. The van der Waals surface area contributed by atoms with Crippen molar-refractivity contribution in [2.24, 2.45) is 5.92 Å². The largest absolute Gasteiger partial charge is 0.396 e. The first kappa shape index (κ1) is 12.2. The van der Waals surface area contributed by atoms with Crippen molar-refractivity contribution in [1.29, 1.82) is 0 Å². The molecule has 0 aromatic carbocycles. The fourth-order valence-corrected chi connectivity index (χ4v) is 2.80. The molecule has 0 radical (unpaired) electrons.